The summed E-state index contributed by atoms with van der Waals surface area (Å²) >= 11 is 6.06. The first-order chi connectivity index (χ1) is 11.6. The molecule has 6 heteroatoms. The minimum atomic E-state index is -0.374. The molecule has 0 bridgehead atoms. The topological polar surface area (TPSA) is 68.1 Å². The summed E-state index contributed by atoms with van der Waals surface area (Å²) in [6.07, 6.45) is 3.58. The van der Waals surface area contributed by atoms with Crippen LogP contribution in [0.3, 0.4) is 0 Å². The van der Waals surface area contributed by atoms with Crippen molar-refractivity contribution in [2.45, 2.75) is 18.9 Å². The summed E-state index contributed by atoms with van der Waals surface area (Å²) in [6, 6.07) is 12.8. The van der Waals surface area contributed by atoms with Crippen LogP contribution < -0.4 is 5.32 Å². The van der Waals surface area contributed by atoms with E-state index in [4.69, 9.17) is 11.6 Å². The fourth-order valence-electron chi connectivity index (χ4n) is 3.36. The van der Waals surface area contributed by atoms with E-state index < -0.39 is 0 Å². The molecule has 120 valence electrons. The first kappa shape index (κ1) is 14.9. The van der Waals surface area contributed by atoms with E-state index in [2.05, 4.69) is 10.3 Å². The predicted molar refractivity (Wildman–Crippen MR) is 94.5 cm³/mol. The smallest absolute Gasteiger partial charge is 0.278 e. The van der Waals surface area contributed by atoms with Crippen molar-refractivity contribution in [1.82, 2.24) is 4.98 Å². The number of nitro benzene ring substituents is 1. The number of hydrogen-bond donors (Lipinski definition) is 1. The second-order valence-electron chi connectivity index (χ2n) is 5.87. The molecule has 1 aliphatic carbocycles. The van der Waals surface area contributed by atoms with Gasteiger partial charge in [-0.3, -0.25) is 15.1 Å². The number of fused-ring (bicyclic) bond motifs is 2. The van der Waals surface area contributed by atoms with Crippen LogP contribution in [-0.2, 0) is 6.42 Å². The van der Waals surface area contributed by atoms with Crippen LogP contribution in [0.2, 0.25) is 5.02 Å². The maximum Gasteiger partial charge on any atom is 0.278 e. The lowest BCUT2D eigenvalue weighted by molar-refractivity contribution is -0.383. The molecular formula is C18H14ClN3O2. The third-order valence-electron chi connectivity index (χ3n) is 4.46. The van der Waals surface area contributed by atoms with Gasteiger partial charge in [0, 0.05) is 17.3 Å². The summed E-state index contributed by atoms with van der Waals surface area (Å²) in [5, 5.41) is 16.0. The standard InChI is InChI=1S/C18H14ClN3O2/c19-12-4-5-13-11(10-12)3-6-15(13)21-16-7-8-17(22(23)24)14-2-1-9-20-18(14)16/h1-2,4-5,7-10,15,21H,3,6H2. The molecule has 0 aliphatic heterocycles. The van der Waals surface area contributed by atoms with Gasteiger partial charge in [-0.2, -0.15) is 0 Å². The fourth-order valence-corrected chi connectivity index (χ4v) is 3.55. The van der Waals surface area contributed by atoms with E-state index in [0.717, 1.165) is 23.6 Å². The molecule has 0 spiro atoms. The number of nitrogens with zero attached hydrogens (tertiary/aromatic N) is 2. The summed E-state index contributed by atoms with van der Waals surface area (Å²) in [4.78, 5) is 15.2. The average Bonchev–Trinajstić information content (AvgIpc) is 2.97. The van der Waals surface area contributed by atoms with Gasteiger partial charge >= 0.3 is 0 Å². The highest BCUT2D eigenvalue weighted by atomic mass is 35.5. The Bertz CT molecular complexity index is 958. The van der Waals surface area contributed by atoms with E-state index in [1.54, 1.807) is 24.4 Å². The number of anilines is 1. The van der Waals surface area contributed by atoms with Crippen LogP contribution >= 0.6 is 11.6 Å². The number of nitrogens with one attached hydrogen (secondary N) is 1. The normalized spacial score (nSPS) is 16.1. The van der Waals surface area contributed by atoms with Crippen molar-refractivity contribution < 1.29 is 4.92 Å². The number of nitro groups is 1. The van der Waals surface area contributed by atoms with Crippen molar-refractivity contribution >= 4 is 33.9 Å². The van der Waals surface area contributed by atoms with Gasteiger partial charge in [0.05, 0.1) is 22.0 Å². The number of rotatable bonds is 3. The van der Waals surface area contributed by atoms with Gasteiger partial charge in [-0.15, -0.1) is 0 Å². The molecule has 0 fully saturated rings. The lowest BCUT2D eigenvalue weighted by Crippen LogP contribution is -2.08. The molecule has 1 unspecified atom stereocenters. The molecule has 1 N–H and O–H groups in total. The van der Waals surface area contributed by atoms with Crippen LogP contribution in [-0.4, -0.2) is 9.91 Å². The van der Waals surface area contributed by atoms with Crippen LogP contribution in [0.25, 0.3) is 10.9 Å². The average molecular weight is 340 g/mol. The quantitative estimate of drug-likeness (QED) is 0.544. The Morgan fingerprint density at radius 3 is 2.96 bits per heavy atom. The third kappa shape index (κ3) is 2.47. The van der Waals surface area contributed by atoms with Crippen molar-refractivity contribution in [2.24, 2.45) is 0 Å². The lowest BCUT2D eigenvalue weighted by atomic mass is 10.1. The molecule has 0 amide bonds. The molecule has 24 heavy (non-hydrogen) atoms. The zero-order valence-corrected chi connectivity index (χ0v) is 13.5. The summed E-state index contributed by atoms with van der Waals surface area (Å²) in [6.45, 7) is 0. The molecule has 1 aromatic heterocycles. The first-order valence-corrected chi connectivity index (χ1v) is 8.08. The minimum absolute atomic E-state index is 0.0715. The van der Waals surface area contributed by atoms with E-state index in [0.29, 0.717) is 10.9 Å². The number of pyridine rings is 1. The highest BCUT2D eigenvalue weighted by Gasteiger charge is 2.24. The van der Waals surface area contributed by atoms with Crippen molar-refractivity contribution in [3.63, 3.8) is 0 Å². The number of halogens is 1. The van der Waals surface area contributed by atoms with E-state index in [-0.39, 0.29) is 16.7 Å². The van der Waals surface area contributed by atoms with Crippen LogP contribution in [0.15, 0.2) is 48.7 Å². The number of non-ortho nitro benzene ring substituents is 1. The van der Waals surface area contributed by atoms with E-state index in [1.807, 2.05) is 18.2 Å². The van der Waals surface area contributed by atoms with Gasteiger partial charge in [0.15, 0.2) is 0 Å². The van der Waals surface area contributed by atoms with Gasteiger partial charge in [-0.05, 0) is 54.3 Å². The summed E-state index contributed by atoms with van der Waals surface area (Å²) in [7, 11) is 0. The molecule has 0 saturated heterocycles. The van der Waals surface area contributed by atoms with Crippen LogP contribution in [0, 0.1) is 10.1 Å². The second kappa shape index (κ2) is 5.76. The monoisotopic (exact) mass is 339 g/mol. The van der Waals surface area contributed by atoms with Crippen molar-refractivity contribution in [3.8, 4) is 0 Å². The molecule has 1 atom stereocenters. The summed E-state index contributed by atoms with van der Waals surface area (Å²) in [5.74, 6) is 0. The Kier molecular flexibility index (Phi) is 3.58. The number of aryl methyl sites for hydroxylation is 1. The van der Waals surface area contributed by atoms with Gasteiger partial charge < -0.3 is 5.32 Å². The maximum atomic E-state index is 11.2. The summed E-state index contributed by atoms with van der Waals surface area (Å²) < 4.78 is 0. The zero-order chi connectivity index (χ0) is 16.7. The number of aromatic nitrogens is 1. The highest BCUT2D eigenvalue weighted by Crippen LogP contribution is 2.37. The molecule has 0 saturated carbocycles. The van der Waals surface area contributed by atoms with Gasteiger partial charge in [0.25, 0.3) is 5.69 Å². The Morgan fingerprint density at radius 1 is 1.25 bits per heavy atom. The Labute approximate surface area is 143 Å². The van der Waals surface area contributed by atoms with Crippen molar-refractivity contribution in [3.05, 3.63) is 74.9 Å². The molecule has 0 radical (unpaired) electrons. The minimum Gasteiger partial charge on any atom is -0.376 e. The van der Waals surface area contributed by atoms with Gasteiger partial charge in [-0.25, -0.2) is 0 Å². The Hall–Kier alpha value is -2.66. The second-order valence-corrected chi connectivity index (χ2v) is 6.30. The summed E-state index contributed by atoms with van der Waals surface area (Å²) in [5.41, 5.74) is 3.97. The predicted octanol–water partition coefficient (Wildman–Crippen LogP) is 4.90. The highest BCUT2D eigenvalue weighted by molar-refractivity contribution is 6.30. The maximum absolute atomic E-state index is 11.2. The Balaban J connectivity index is 1.75. The molecule has 3 aromatic rings. The van der Waals surface area contributed by atoms with Crippen LogP contribution in [0.4, 0.5) is 11.4 Å². The third-order valence-corrected chi connectivity index (χ3v) is 4.69. The lowest BCUT2D eigenvalue weighted by Gasteiger charge is -2.17. The molecule has 1 heterocycles. The number of benzene rings is 2. The first-order valence-electron chi connectivity index (χ1n) is 7.70. The largest absolute Gasteiger partial charge is 0.376 e. The zero-order valence-electron chi connectivity index (χ0n) is 12.7. The van der Waals surface area contributed by atoms with Crippen LogP contribution in [0.1, 0.15) is 23.6 Å². The van der Waals surface area contributed by atoms with Crippen molar-refractivity contribution in [2.75, 3.05) is 5.32 Å². The Morgan fingerprint density at radius 2 is 2.12 bits per heavy atom. The molecule has 1 aliphatic rings. The van der Waals surface area contributed by atoms with Gasteiger partial charge in [0.2, 0.25) is 0 Å². The molecule has 4 rings (SSSR count). The van der Waals surface area contributed by atoms with Gasteiger partial charge in [-0.1, -0.05) is 17.7 Å². The van der Waals surface area contributed by atoms with Crippen molar-refractivity contribution in [1.29, 1.82) is 0 Å². The van der Waals surface area contributed by atoms with Crippen LogP contribution in [0.5, 0.6) is 0 Å². The molecule has 5 nitrogen and oxygen atoms in total. The number of hydrogen-bond acceptors (Lipinski definition) is 4. The SMILES string of the molecule is O=[N+]([O-])c1ccc(NC2CCc3cc(Cl)ccc32)c2ncccc12. The van der Waals surface area contributed by atoms with E-state index >= 15 is 0 Å². The molecular weight excluding hydrogens is 326 g/mol. The van der Waals surface area contributed by atoms with Gasteiger partial charge in [0.1, 0.15) is 5.52 Å². The van der Waals surface area contributed by atoms with E-state index in [9.17, 15) is 10.1 Å². The fraction of sp³-hybridized carbons (Fsp3) is 0.167. The van der Waals surface area contributed by atoms with E-state index in [1.165, 1.54) is 17.2 Å². The molecule has 2 aromatic carbocycles.